The summed E-state index contributed by atoms with van der Waals surface area (Å²) in [5.41, 5.74) is 1.63. The number of benzene rings is 1. The Morgan fingerprint density at radius 2 is 2.14 bits per heavy atom. The number of Topliss-reactive ketones (excluding diaryl/α,β-unsaturated/α-hetero) is 1. The van der Waals surface area contributed by atoms with Crippen LogP contribution in [0.4, 0.5) is 0 Å². The molecule has 0 amide bonds. The second-order valence-electron chi connectivity index (χ2n) is 6.73. The van der Waals surface area contributed by atoms with E-state index in [-0.39, 0.29) is 11.8 Å². The molecule has 0 fully saturated rings. The number of carbonyl (C=O) groups excluding carboxylic acids is 1. The molecule has 7 nitrogen and oxygen atoms in total. The Bertz CT molecular complexity index is 1090. The summed E-state index contributed by atoms with van der Waals surface area (Å²) in [5.74, 6) is 1.01. The van der Waals surface area contributed by atoms with Crippen LogP contribution in [0.5, 0.6) is 0 Å². The molecule has 0 spiro atoms. The molecule has 0 radical (unpaired) electrons. The van der Waals surface area contributed by atoms with Gasteiger partial charge in [-0.3, -0.25) is 9.69 Å². The summed E-state index contributed by atoms with van der Waals surface area (Å²) < 4.78 is 11.1. The van der Waals surface area contributed by atoms with E-state index >= 15 is 0 Å². The number of ether oxygens (including phenoxy) is 1. The molecule has 0 aliphatic carbocycles. The lowest BCUT2D eigenvalue weighted by Gasteiger charge is -2.26. The number of ketones is 1. The van der Waals surface area contributed by atoms with Crippen LogP contribution >= 0.6 is 11.3 Å². The molecule has 8 heteroatoms. The van der Waals surface area contributed by atoms with E-state index in [2.05, 4.69) is 15.2 Å². The van der Waals surface area contributed by atoms with Crippen molar-refractivity contribution in [1.29, 1.82) is 0 Å². The molecular formula is C21H22N4O3S. The molecule has 1 unspecified atom stereocenters. The Morgan fingerprint density at radius 1 is 1.28 bits per heavy atom. The first-order chi connectivity index (χ1) is 14.2. The van der Waals surface area contributed by atoms with E-state index in [9.17, 15) is 4.79 Å². The van der Waals surface area contributed by atoms with Crippen LogP contribution in [0.3, 0.4) is 0 Å². The number of carbonyl (C=O) groups is 1. The van der Waals surface area contributed by atoms with E-state index in [4.69, 9.17) is 9.15 Å². The lowest BCUT2D eigenvalue weighted by molar-refractivity contribution is 0.0741. The van der Waals surface area contributed by atoms with Crippen LogP contribution in [0.2, 0.25) is 0 Å². The Hall–Kier alpha value is -2.81. The maximum absolute atomic E-state index is 13.2. The average Bonchev–Trinajstić information content (AvgIpc) is 3.50. The van der Waals surface area contributed by atoms with Gasteiger partial charge in [0.05, 0.1) is 24.1 Å². The summed E-state index contributed by atoms with van der Waals surface area (Å²) in [4.78, 5) is 19.3. The highest BCUT2D eigenvalue weighted by Crippen LogP contribution is 2.24. The SMILES string of the molecule is COCCN(Cc1nnc(-c2cccs2)o1)C(C)C(=O)c1c[nH]c2ccccc12. The fourth-order valence-corrected chi connectivity index (χ4v) is 3.92. The Labute approximate surface area is 172 Å². The number of nitrogens with one attached hydrogen (secondary N) is 1. The number of thiophene rings is 1. The number of nitrogens with zero attached hydrogens (tertiary/aromatic N) is 3. The quantitative estimate of drug-likeness (QED) is 0.420. The maximum Gasteiger partial charge on any atom is 0.257 e. The molecule has 0 bridgehead atoms. The Kier molecular flexibility index (Phi) is 5.84. The van der Waals surface area contributed by atoms with Crippen molar-refractivity contribution in [3.8, 4) is 10.8 Å². The fraction of sp³-hybridized carbons (Fsp3) is 0.286. The van der Waals surface area contributed by atoms with E-state index < -0.39 is 0 Å². The smallest absolute Gasteiger partial charge is 0.257 e. The van der Waals surface area contributed by atoms with E-state index in [1.165, 1.54) is 0 Å². The summed E-state index contributed by atoms with van der Waals surface area (Å²) >= 11 is 1.55. The fourth-order valence-electron chi connectivity index (χ4n) is 3.28. The van der Waals surface area contributed by atoms with Crippen LogP contribution in [0.25, 0.3) is 21.7 Å². The first-order valence-electron chi connectivity index (χ1n) is 9.37. The molecule has 4 aromatic rings. The molecule has 0 saturated heterocycles. The summed E-state index contributed by atoms with van der Waals surface area (Å²) in [5, 5.41) is 11.2. The number of aromatic amines is 1. The number of fused-ring (bicyclic) bond motifs is 1. The van der Waals surface area contributed by atoms with Gasteiger partial charge in [-0.2, -0.15) is 0 Å². The van der Waals surface area contributed by atoms with Gasteiger partial charge in [-0.15, -0.1) is 21.5 Å². The largest absolute Gasteiger partial charge is 0.419 e. The van der Waals surface area contributed by atoms with Gasteiger partial charge in [-0.25, -0.2) is 0 Å². The number of hydrogen-bond acceptors (Lipinski definition) is 7. The van der Waals surface area contributed by atoms with Gasteiger partial charge in [0.2, 0.25) is 5.89 Å². The van der Waals surface area contributed by atoms with Gasteiger partial charge in [0, 0.05) is 36.3 Å². The normalized spacial score (nSPS) is 12.7. The highest BCUT2D eigenvalue weighted by molar-refractivity contribution is 7.13. The highest BCUT2D eigenvalue weighted by atomic mass is 32.1. The summed E-state index contributed by atoms with van der Waals surface area (Å²) in [6.45, 7) is 3.34. The molecule has 29 heavy (non-hydrogen) atoms. The van der Waals surface area contributed by atoms with Crippen LogP contribution in [0.15, 0.2) is 52.4 Å². The molecular weight excluding hydrogens is 388 g/mol. The monoisotopic (exact) mass is 410 g/mol. The number of hydrogen-bond donors (Lipinski definition) is 1. The van der Waals surface area contributed by atoms with Crippen molar-refractivity contribution in [2.24, 2.45) is 0 Å². The number of aromatic nitrogens is 3. The lowest BCUT2D eigenvalue weighted by atomic mass is 10.0. The predicted molar refractivity (Wildman–Crippen MR) is 112 cm³/mol. The van der Waals surface area contributed by atoms with Crippen molar-refractivity contribution in [3.63, 3.8) is 0 Å². The Balaban J connectivity index is 1.55. The van der Waals surface area contributed by atoms with Crippen LogP contribution in [0, 0.1) is 0 Å². The van der Waals surface area contributed by atoms with Crippen molar-refractivity contribution in [2.45, 2.75) is 19.5 Å². The third-order valence-corrected chi connectivity index (χ3v) is 5.76. The third kappa shape index (κ3) is 4.14. The van der Waals surface area contributed by atoms with Crippen LogP contribution in [-0.4, -0.2) is 52.2 Å². The molecule has 0 aliphatic heterocycles. The van der Waals surface area contributed by atoms with E-state index in [0.29, 0.717) is 37.0 Å². The molecule has 150 valence electrons. The molecule has 4 rings (SSSR count). The standard InChI is InChI=1S/C21H22N4O3S/c1-14(20(26)16-12-22-17-7-4-3-6-15(16)17)25(9-10-27-2)13-19-23-24-21(28-19)18-8-5-11-29-18/h3-8,11-12,14,22H,9-10,13H2,1-2H3. The lowest BCUT2D eigenvalue weighted by Crippen LogP contribution is -2.40. The molecule has 3 aromatic heterocycles. The molecule has 1 N–H and O–H groups in total. The average molecular weight is 410 g/mol. The maximum atomic E-state index is 13.2. The highest BCUT2D eigenvalue weighted by Gasteiger charge is 2.26. The zero-order valence-electron chi connectivity index (χ0n) is 16.3. The number of rotatable bonds is 9. The number of H-pyrrole nitrogens is 1. The van der Waals surface area contributed by atoms with Crippen molar-refractivity contribution in [1.82, 2.24) is 20.1 Å². The minimum atomic E-state index is -0.374. The van der Waals surface area contributed by atoms with Gasteiger partial charge in [0.1, 0.15) is 0 Å². The van der Waals surface area contributed by atoms with Crippen molar-refractivity contribution in [2.75, 3.05) is 20.3 Å². The molecule has 1 atom stereocenters. The molecule has 1 aromatic carbocycles. The summed E-state index contributed by atoms with van der Waals surface area (Å²) in [6.07, 6.45) is 1.78. The Morgan fingerprint density at radius 3 is 2.93 bits per heavy atom. The van der Waals surface area contributed by atoms with Gasteiger partial charge >= 0.3 is 0 Å². The molecule has 0 saturated carbocycles. The van der Waals surface area contributed by atoms with E-state index in [1.54, 1.807) is 24.6 Å². The van der Waals surface area contributed by atoms with Crippen LogP contribution in [0.1, 0.15) is 23.2 Å². The van der Waals surface area contributed by atoms with Gasteiger partial charge in [0.15, 0.2) is 5.78 Å². The first-order valence-corrected chi connectivity index (χ1v) is 10.2. The zero-order chi connectivity index (χ0) is 20.2. The van der Waals surface area contributed by atoms with Gasteiger partial charge in [0.25, 0.3) is 5.89 Å². The minimum absolute atomic E-state index is 0.0385. The second kappa shape index (κ2) is 8.69. The molecule has 0 aliphatic rings. The van der Waals surface area contributed by atoms with Crippen molar-refractivity contribution < 1.29 is 13.9 Å². The first kappa shape index (κ1) is 19.5. The van der Waals surface area contributed by atoms with Crippen molar-refractivity contribution >= 4 is 28.0 Å². The third-order valence-electron chi connectivity index (χ3n) is 4.90. The number of methoxy groups -OCH3 is 1. The van der Waals surface area contributed by atoms with Gasteiger partial charge < -0.3 is 14.1 Å². The van der Waals surface area contributed by atoms with Crippen LogP contribution < -0.4 is 0 Å². The van der Waals surface area contributed by atoms with E-state index in [0.717, 1.165) is 15.8 Å². The van der Waals surface area contributed by atoms with Gasteiger partial charge in [-0.1, -0.05) is 24.3 Å². The van der Waals surface area contributed by atoms with Crippen LogP contribution in [-0.2, 0) is 11.3 Å². The van der Waals surface area contributed by atoms with E-state index in [1.807, 2.05) is 53.6 Å². The summed E-state index contributed by atoms with van der Waals surface area (Å²) in [6, 6.07) is 11.3. The second-order valence-corrected chi connectivity index (χ2v) is 7.68. The number of para-hydroxylation sites is 1. The molecule has 3 heterocycles. The zero-order valence-corrected chi connectivity index (χ0v) is 17.1. The van der Waals surface area contributed by atoms with Crippen molar-refractivity contribution in [3.05, 3.63) is 59.4 Å². The predicted octanol–water partition coefficient (Wildman–Crippen LogP) is 4.00. The summed E-state index contributed by atoms with van der Waals surface area (Å²) in [7, 11) is 1.64. The topological polar surface area (TPSA) is 84.2 Å². The minimum Gasteiger partial charge on any atom is -0.419 e. The van der Waals surface area contributed by atoms with Gasteiger partial charge in [-0.05, 0) is 24.4 Å².